The summed E-state index contributed by atoms with van der Waals surface area (Å²) in [7, 11) is 0. The van der Waals surface area contributed by atoms with Gasteiger partial charge < -0.3 is 4.84 Å². The van der Waals surface area contributed by atoms with Gasteiger partial charge in [-0.25, -0.2) is 4.79 Å². The molecule has 3 aliphatic rings. The average Bonchev–Trinajstić information content (AvgIpc) is 3.17. The molecule has 3 saturated carbocycles. The maximum atomic E-state index is 11.9. The summed E-state index contributed by atoms with van der Waals surface area (Å²) in [6.07, 6.45) is 9.54. The lowest BCUT2D eigenvalue weighted by atomic mass is 9.81. The van der Waals surface area contributed by atoms with Gasteiger partial charge in [0.1, 0.15) is 0 Å². The van der Waals surface area contributed by atoms with E-state index >= 15 is 0 Å². The number of carbonyl (C=O) groups is 1. The van der Waals surface area contributed by atoms with Crippen LogP contribution in [0, 0.1) is 23.7 Å². The van der Waals surface area contributed by atoms with Gasteiger partial charge in [0.15, 0.2) is 0 Å². The van der Waals surface area contributed by atoms with Crippen LogP contribution >= 0.6 is 0 Å². The van der Waals surface area contributed by atoms with Crippen molar-refractivity contribution in [3.63, 3.8) is 0 Å². The molecular weight excluding hydrogens is 252 g/mol. The van der Waals surface area contributed by atoms with Crippen molar-refractivity contribution < 1.29 is 9.63 Å². The smallest absolute Gasteiger partial charge is 0.313 e. The third-order valence-corrected chi connectivity index (χ3v) is 5.35. The quantitative estimate of drug-likeness (QED) is 0.613. The van der Waals surface area contributed by atoms with Gasteiger partial charge in [0, 0.05) is 18.3 Å². The van der Waals surface area contributed by atoms with Gasteiger partial charge in [0.25, 0.3) is 0 Å². The highest BCUT2D eigenvalue weighted by Crippen LogP contribution is 2.57. The molecular formula is C16H18N2O2. The Morgan fingerprint density at radius 2 is 2.25 bits per heavy atom. The van der Waals surface area contributed by atoms with Gasteiger partial charge in [0.2, 0.25) is 0 Å². The molecule has 0 aliphatic heterocycles. The zero-order valence-corrected chi connectivity index (χ0v) is 11.4. The van der Waals surface area contributed by atoms with Gasteiger partial charge in [-0.3, -0.25) is 4.98 Å². The van der Waals surface area contributed by atoms with E-state index in [0.29, 0.717) is 11.5 Å². The summed E-state index contributed by atoms with van der Waals surface area (Å²) in [6.45, 7) is 0. The highest BCUT2D eigenvalue weighted by atomic mass is 16.7. The van der Waals surface area contributed by atoms with Crippen LogP contribution in [0.25, 0.3) is 0 Å². The van der Waals surface area contributed by atoms with E-state index in [2.05, 4.69) is 10.1 Å². The lowest BCUT2D eigenvalue weighted by molar-refractivity contribution is 0.0511. The summed E-state index contributed by atoms with van der Waals surface area (Å²) < 4.78 is 0. The molecule has 0 saturated heterocycles. The van der Waals surface area contributed by atoms with Gasteiger partial charge in [-0.2, -0.15) is 0 Å². The van der Waals surface area contributed by atoms with E-state index in [0.717, 1.165) is 29.9 Å². The Bertz CT molecular complexity index is 555. The second-order valence-electron chi connectivity index (χ2n) is 6.27. The summed E-state index contributed by atoms with van der Waals surface area (Å²) >= 11 is 0. The molecule has 0 N–H and O–H groups in total. The van der Waals surface area contributed by atoms with E-state index in [9.17, 15) is 4.79 Å². The minimum atomic E-state index is -0.406. The van der Waals surface area contributed by atoms with Gasteiger partial charge >= 0.3 is 5.97 Å². The normalized spacial score (nSPS) is 36.3. The molecule has 4 nitrogen and oxygen atoms in total. The molecule has 0 aromatic carbocycles. The molecule has 3 fully saturated rings. The Morgan fingerprint density at radius 1 is 1.35 bits per heavy atom. The zero-order chi connectivity index (χ0) is 13.5. The number of pyridine rings is 1. The monoisotopic (exact) mass is 270 g/mol. The van der Waals surface area contributed by atoms with Crippen molar-refractivity contribution in [2.24, 2.45) is 28.8 Å². The standard InChI is InChI=1S/C16H18N2O2/c19-16(10-3-2-6-17-9-10)20-18-15-8-11-7-14(15)13-5-1-4-12(11)13/h2-3,6,9,11-14H,1,4-5,7-8H2/b18-15+/t11-,12-,13-,14-/m0/s1. The fourth-order valence-corrected chi connectivity index (χ4v) is 4.56. The molecule has 1 heterocycles. The molecule has 1 aromatic heterocycles. The highest BCUT2D eigenvalue weighted by Gasteiger charge is 2.52. The first kappa shape index (κ1) is 12.1. The number of nitrogens with zero attached hydrogens (tertiary/aromatic N) is 2. The third kappa shape index (κ3) is 1.86. The SMILES string of the molecule is O=C(O/N=C1\C[C@@H]2C[C@H]1[C@H]1CCC[C@@H]21)c1cccnc1. The Balaban J connectivity index is 1.46. The molecule has 4 heteroatoms. The molecule has 104 valence electrons. The molecule has 0 amide bonds. The second kappa shape index (κ2) is 4.69. The molecule has 0 radical (unpaired) electrons. The largest absolute Gasteiger partial charge is 0.367 e. The predicted octanol–water partition coefficient (Wildman–Crippen LogP) is 3.05. The molecule has 4 atom stereocenters. The van der Waals surface area contributed by atoms with E-state index in [-0.39, 0.29) is 0 Å². The number of carbonyl (C=O) groups excluding carboxylic acids is 1. The zero-order valence-electron chi connectivity index (χ0n) is 11.4. The predicted molar refractivity (Wildman–Crippen MR) is 74.1 cm³/mol. The van der Waals surface area contributed by atoms with Gasteiger partial charge in [-0.05, 0) is 55.6 Å². The van der Waals surface area contributed by atoms with Crippen molar-refractivity contribution in [1.82, 2.24) is 4.98 Å². The highest BCUT2D eigenvalue weighted by molar-refractivity contribution is 5.92. The molecule has 0 spiro atoms. The minimum Gasteiger partial charge on any atom is -0.313 e. The van der Waals surface area contributed by atoms with Crippen molar-refractivity contribution in [2.75, 3.05) is 0 Å². The number of hydrogen-bond acceptors (Lipinski definition) is 4. The van der Waals surface area contributed by atoms with Crippen LogP contribution in [0.15, 0.2) is 29.7 Å². The van der Waals surface area contributed by atoms with E-state index < -0.39 is 5.97 Å². The van der Waals surface area contributed by atoms with Crippen molar-refractivity contribution in [3.8, 4) is 0 Å². The third-order valence-electron chi connectivity index (χ3n) is 5.35. The van der Waals surface area contributed by atoms with Crippen LogP contribution in [0.1, 0.15) is 42.5 Å². The van der Waals surface area contributed by atoms with E-state index in [1.54, 1.807) is 18.3 Å². The Morgan fingerprint density at radius 3 is 3.10 bits per heavy atom. The van der Waals surface area contributed by atoms with E-state index in [4.69, 9.17) is 4.84 Å². The second-order valence-corrected chi connectivity index (χ2v) is 6.27. The number of oxime groups is 1. The fourth-order valence-electron chi connectivity index (χ4n) is 4.56. The lowest BCUT2D eigenvalue weighted by Crippen LogP contribution is -2.24. The average molecular weight is 270 g/mol. The number of aromatic nitrogens is 1. The summed E-state index contributed by atoms with van der Waals surface area (Å²) in [5, 5.41) is 4.18. The number of hydrogen-bond donors (Lipinski definition) is 0. The summed E-state index contributed by atoms with van der Waals surface area (Å²) in [5.74, 6) is 2.70. The fraction of sp³-hybridized carbons (Fsp3) is 0.562. The van der Waals surface area contributed by atoms with Crippen LogP contribution in [0.3, 0.4) is 0 Å². The van der Waals surface area contributed by atoms with Gasteiger partial charge in [-0.1, -0.05) is 11.6 Å². The lowest BCUT2D eigenvalue weighted by Gasteiger charge is -2.25. The molecule has 20 heavy (non-hydrogen) atoms. The van der Waals surface area contributed by atoms with E-state index in [1.165, 1.54) is 31.9 Å². The van der Waals surface area contributed by atoms with Crippen molar-refractivity contribution in [2.45, 2.75) is 32.1 Å². The topological polar surface area (TPSA) is 51.5 Å². The van der Waals surface area contributed by atoms with Crippen molar-refractivity contribution in [3.05, 3.63) is 30.1 Å². The van der Waals surface area contributed by atoms with Gasteiger partial charge in [0.05, 0.1) is 11.3 Å². The molecule has 3 aliphatic carbocycles. The maximum Gasteiger partial charge on any atom is 0.367 e. The number of rotatable bonds is 2. The molecule has 0 unspecified atom stereocenters. The van der Waals surface area contributed by atoms with Crippen LogP contribution in [0.5, 0.6) is 0 Å². The first-order chi connectivity index (χ1) is 9.83. The number of fused-ring (bicyclic) bond motifs is 5. The van der Waals surface area contributed by atoms with Gasteiger partial charge in [-0.15, -0.1) is 0 Å². The van der Waals surface area contributed by atoms with Crippen molar-refractivity contribution >= 4 is 11.7 Å². The molecule has 2 bridgehead atoms. The summed E-state index contributed by atoms with van der Waals surface area (Å²) in [5.41, 5.74) is 1.58. The molecule has 4 rings (SSSR count). The van der Waals surface area contributed by atoms with Crippen LogP contribution in [-0.4, -0.2) is 16.7 Å². The van der Waals surface area contributed by atoms with Crippen molar-refractivity contribution in [1.29, 1.82) is 0 Å². The molecule has 1 aromatic rings. The van der Waals surface area contributed by atoms with Crippen LogP contribution < -0.4 is 0 Å². The van der Waals surface area contributed by atoms with Crippen LogP contribution in [-0.2, 0) is 4.84 Å². The Labute approximate surface area is 118 Å². The van der Waals surface area contributed by atoms with E-state index in [1.807, 2.05) is 0 Å². The van der Waals surface area contributed by atoms with Crippen LogP contribution in [0.2, 0.25) is 0 Å². The minimum absolute atomic E-state index is 0.406. The summed E-state index contributed by atoms with van der Waals surface area (Å²) in [4.78, 5) is 20.9. The Kier molecular flexibility index (Phi) is 2.83. The first-order valence-electron chi connectivity index (χ1n) is 7.51. The van der Waals surface area contributed by atoms with Crippen LogP contribution in [0.4, 0.5) is 0 Å². The maximum absolute atomic E-state index is 11.9. The summed E-state index contributed by atoms with van der Waals surface area (Å²) in [6, 6.07) is 3.42. The Hall–Kier alpha value is -1.71. The first-order valence-corrected chi connectivity index (χ1v) is 7.51.